The number of H-pyrrole nitrogens is 1. The van der Waals surface area contributed by atoms with Crippen LogP contribution in [0.15, 0.2) is 30.7 Å². The second-order valence-electron chi connectivity index (χ2n) is 4.69. The Morgan fingerprint density at radius 3 is 3.11 bits per heavy atom. The number of nitrogens with one attached hydrogen (secondary N) is 1. The molecule has 18 heavy (non-hydrogen) atoms. The zero-order chi connectivity index (χ0) is 12.5. The normalized spacial score (nSPS) is 19.4. The van der Waals surface area contributed by atoms with Gasteiger partial charge in [-0.05, 0) is 25.0 Å². The molecule has 1 aliphatic rings. The van der Waals surface area contributed by atoms with Crippen molar-refractivity contribution < 1.29 is 4.79 Å². The molecule has 1 aliphatic heterocycles. The summed E-state index contributed by atoms with van der Waals surface area (Å²) >= 11 is 0. The lowest BCUT2D eigenvalue weighted by atomic mass is 10.1. The van der Waals surface area contributed by atoms with Crippen LogP contribution in [0, 0.1) is 0 Å². The molecule has 2 aromatic rings. The molecule has 0 radical (unpaired) electrons. The topological polar surface area (TPSA) is 53.9 Å². The van der Waals surface area contributed by atoms with Crippen LogP contribution in [0.3, 0.4) is 0 Å². The predicted molar refractivity (Wildman–Crippen MR) is 67.0 cm³/mol. The number of likely N-dealkylation sites (tertiary alicyclic amines) is 1. The molecule has 0 spiro atoms. The molecule has 1 saturated heterocycles. The van der Waals surface area contributed by atoms with Crippen molar-refractivity contribution in [2.45, 2.75) is 18.9 Å². The van der Waals surface area contributed by atoms with E-state index in [4.69, 9.17) is 0 Å². The second-order valence-corrected chi connectivity index (χ2v) is 4.69. The number of hydrogen-bond donors (Lipinski definition) is 1. The molecule has 0 aromatic carbocycles. The Morgan fingerprint density at radius 2 is 2.44 bits per heavy atom. The fourth-order valence-corrected chi connectivity index (χ4v) is 2.59. The summed E-state index contributed by atoms with van der Waals surface area (Å²) in [7, 11) is 1.90. The summed E-state index contributed by atoms with van der Waals surface area (Å²) < 4.78 is 1.78. The molecule has 1 unspecified atom stereocenters. The van der Waals surface area contributed by atoms with Gasteiger partial charge in [0.2, 0.25) is 0 Å². The highest BCUT2D eigenvalue weighted by Gasteiger charge is 2.31. The molecular weight excluding hydrogens is 228 g/mol. The Kier molecular flexibility index (Phi) is 2.66. The maximum Gasteiger partial charge on any atom is 0.270 e. The molecule has 0 bridgehead atoms. The van der Waals surface area contributed by atoms with E-state index in [0.29, 0.717) is 5.69 Å². The maximum absolute atomic E-state index is 12.4. The lowest BCUT2D eigenvalue weighted by molar-refractivity contribution is 0.0730. The third-order valence-corrected chi connectivity index (χ3v) is 3.45. The molecule has 2 aromatic heterocycles. The average Bonchev–Trinajstić information content (AvgIpc) is 3.09. The summed E-state index contributed by atoms with van der Waals surface area (Å²) in [6.07, 6.45) is 7.68. The Balaban J connectivity index is 1.85. The lowest BCUT2D eigenvalue weighted by Gasteiger charge is -2.23. The molecule has 94 valence electrons. The van der Waals surface area contributed by atoms with Crippen LogP contribution in [-0.4, -0.2) is 32.1 Å². The predicted octanol–water partition coefficient (Wildman–Crippen LogP) is 1.73. The molecule has 0 saturated carbocycles. The van der Waals surface area contributed by atoms with Gasteiger partial charge < -0.3 is 9.88 Å². The Hall–Kier alpha value is -2.04. The van der Waals surface area contributed by atoms with Crippen molar-refractivity contribution in [2.75, 3.05) is 6.54 Å². The van der Waals surface area contributed by atoms with Crippen LogP contribution in [-0.2, 0) is 7.05 Å². The van der Waals surface area contributed by atoms with Gasteiger partial charge in [0, 0.05) is 31.5 Å². The first-order valence-electron chi connectivity index (χ1n) is 6.18. The van der Waals surface area contributed by atoms with Gasteiger partial charge in [-0.2, -0.15) is 5.10 Å². The molecule has 3 heterocycles. The molecule has 1 N–H and O–H groups in total. The molecule has 1 fully saturated rings. The fraction of sp³-hybridized carbons (Fsp3) is 0.385. The zero-order valence-corrected chi connectivity index (χ0v) is 10.3. The standard InChI is InChI=1S/C13H16N4O/c1-16-9-10(8-15-16)12-5-3-7-17(12)13(18)11-4-2-6-14-11/h2,4,6,8-9,12,14H,3,5,7H2,1H3. The van der Waals surface area contributed by atoms with E-state index in [1.807, 2.05) is 36.5 Å². The monoisotopic (exact) mass is 244 g/mol. The van der Waals surface area contributed by atoms with Gasteiger partial charge >= 0.3 is 0 Å². The van der Waals surface area contributed by atoms with Crippen LogP contribution in [0.5, 0.6) is 0 Å². The van der Waals surface area contributed by atoms with Gasteiger partial charge in [0.25, 0.3) is 5.91 Å². The molecule has 5 nitrogen and oxygen atoms in total. The number of hydrogen-bond acceptors (Lipinski definition) is 2. The Labute approximate surface area is 105 Å². The lowest BCUT2D eigenvalue weighted by Crippen LogP contribution is -2.30. The number of aromatic amines is 1. The van der Waals surface area contributed by atoms with Gasteiger partial charge in [-0.3, -0.25) is 9.48 Å². The number of aromatic nitrogens is 3. The summed E-state index contributed by atoms with van der Waals surface area (Å²) in [5.74, 6) is 0.0753. The van der Waals surface area contributed by atoms with Crippen molar-refractivity contribution >= 4 is 5.91 Å². The highest BCUT2D eigenvalue weighted by molar-refractivity contribution is 5.92. The van der Waals surface area contributed by atoms with Crippen LogP contribution in [0.4, 0.5) is 0 Å². The van der Waals surface area contributed by atoms with E-state index in [9.17, 15) is 4.79 Å². The third kappa shape index (κ3) is 1.81. The van der Waals surface area contributed by atoms with E-state index in [2.05, 4.69) is 10.1 Å². The first-order chi connectivity index (χ1) is 8.75. The minimum Gasteiger partial charge on any atom is -0.357 e. The number of nitrogens with zero attached hydrogens (tertiary/aromatic N) is 3. The largest absolute Gasteiger partial charge is 0.357 e. The molecule has 0 aliphatic carbocycles. The van der Waals surface area contributed by atoms with Crippen molar-refractivity contribution in [3.8, 4) is 0 Å². The molecule has 1 atom stereocenters. The van der Waals surface area contributed by atoms with Gasteiger partial charge in [-0.15, -0.1) is 0 Å². The molecule has 1 amide bonds. The number of carbonyl (C=O) groups is 1. The highest BCUT2D eigenvalue weighted by atomic mass is 16.2. The summed E-state index contributed by atoms with van der Waals surface area (Å²) in [5.41, 5.74) is 1.78. The van der Waals surface area contributed by atoms with Crippen molar-refractivity contribution in [1.82, 2.24) is 19.7 Å². The van der Waals surface area contributed by atoms with Crippen LogP contribution < -0.4 is 0 Å². The van der Waals surface area contributed by atoms with E-state index >= 15 is 0 Å². The third-order valence-electron chi connectivity index (χ3n) is 3.45. The Morgan fingerprint density at radius 1 is 1.56 bits per heavy atom. The van der Waals surface area contributed by atoms with Crippen LogP contribution >= 0.6 is 0 Å². The van der Waals surface area contributed by atoms with E-state index < -0.39 is 0 Å². The fourth-order valence-electron chi connectivity index (χ4n) is 2.59. The average molecular weight is 244 g/mol. The van der Waals surface area contributed by atoms with E-state index in [1.165, 1.54) is 0 Å². The summed E-state index contributed by atoms with van der Waals surface area (Å²) in [6, 6.07) is 3.83. The van der Waals surface area contributed by atoms with E-state index in [-0.39, 0.29) is 11.9 Å². The molecule has 5 heteroatoms. The van der Waals surface area contributed by atoms with Crippen LogP contribution in [0.2, 0.25) is 0 Å². The molecular formula is C13H16N4O. The first kappa shape index (κ1) is 11.1. The van der Waals surface area contributed by atoms with Crippen LogP contribution in [0.1, 0.15) is 34.9 Å². The van der Waals surface area contributed by atoms with Gasteiger partial charge in [0.05, 0.1) is 12.2 Å². The van der Waals surface area contributed by atoms with Gasteiger partial charge in [0.1, 0.15) is 5.69 Å². The quantitative estimate of drug-likeness (QED) is 0.874. The summed E-state index contributed by atoms with van der Waals surface area (Å²) in [6.45, 7) is 0.817. The van der Waals surface area contributed by atoms with Gasteiger partial charge in [-0.25, -0.2) is 0 Å². The van der Waals surface area contributed by atoms with Gasteiger partial charge in [0.15, 0.2) is 0 Å². The zero-order valence-electron chi connectivity index (χ0n) is 10.3. The second kappa shape index (κ2) is 4.33. The van der Waals surface area contributed by atoms with Gasteiger partial charge in [-0.1, -0.05) is 0 Å². The minimum absolute atomic E-state index is 0.0753. The van der Waals surface area contributed by atoms with Crippen molar-refractivity contribution in [2.24, 2.45) is 7.05 Å². The van der Waals surface area contributed by atoms with Crippen molar-refractivity contribution in [3.05, 3.63) is 42.0 Å². The number of aryl methyl sites for hydroxylation is 1. The minimum atomic E-state index is 0.0753. The number of rotatable bonds is 2. The van der Waals surface area contributed by atoms with E-state index in [1.54, 1.807) is 10.9 Å². The summed E-state index contributed by atoms with van der Waals surface area (Å²) in [5, 5.41) is 4.19. The summed E-state index contributed by atoms with van der Waals surface area (Å²) in [4.78, 5) is 17.3. The van der Waals surface area contributed by atoms with Crippen molar-refractivity contribution in [1.29, 1.82) is 0 Å². The number of carbonyl (C=O) groups excluding carboxylic acids is 1. The highest BCUT2D eigenvalue weighted by Crippen LogP contribution is 2.32. The van der Waals surface area contributed by atoms with E-state index in [0.717, 1.165) is 24.9 Å². The SMILES string of the molecule is Cn1cc(C2CCCN2C(=O)c2ccc[nH]2)cn1. The molecule has 3 rings (SSSR count). The van der Waals surface area contributed by atoms with Crippen molar-refractivity contribution in [3.63, 3.8) is 0 Å². The number of amides is 1. The maximum atomic E-state index is 12.4. The first-order valence-corrected chi connectivity index (χ1v) is 6.18. The Bertz CT molecular complexity index is 543. The smallest absolute Gasteiger partial charge is 0.270 e. The van der Waals surface area contributed by atoms with Crippen LogP contribution in [0.25, 0.3) is 0 Å².